The molecule has 1 N–H and O–H groups in total. The quantitative estimate of drug-likeness (QED) is 0.778. The number of thioether (sulfide) groups is 1. The first kappa shape index (κ1) is 17.6. The van der Waals surface area contributed by atoms with Gasteiger partial charge in [0.05, 0.1) is 12.1 Å². The molecular formula is C19H23NO2S. The van der Waals surface area contributed by atoms with Gasteiger partial charge in [-0.2, -0.15) is 0 Å². The van der Waals surface area contributed by atoms with E-state index in [-0.39, 0.29) is 5.91 Å². The van der Waals surface area contributed by atoms with Crippen LogP contribution >= 0.6 is 11.8 Å². The summed E-state index contributed by atoms with van der Waals surface area (Å²) >= 11 is 1.57. The van der Waals surface area contributed by atoms with Crippen LogP contribution in [0, 0.1) is 0 Å². The zero-order valence-electron chi connectivity index (χ0n) is 13.8. The number of hydrogen-bond donors (Lipinski definition) is 1. The van der Waals surface area contributed by atoms with Crippen molar-refractivity contribution >= 4 is 17.7 Å². The number of carbonyl (C=O) groups excluding carboxylic acids is 1. The maximum atomic E-state index is 12.6. The summed E-state index contributed by atoms with van der Waals surface area (Å²) in [6.45, 7) is 2.50. The molecule has 0 aliphatic rings. The third kappa shape index (κ3) is 3.95. The van der Waals surface area contributed by atoms with Gasteiger partial charge in [-0.1, -0.05) is 49.4 Å². The standard InChI is InChI=1S/C19H23NO2S/c1-4-19(22-2,15-10-6-5-7-11-15)14-20-18(21)16-12-8-9-13-17(16)23-3/h5-13H,4,14H2,1-3H3,(H,20,21). The Labute approximate surface area is 142 Å². The molecule has 2 aromatic carbocycles. The Morgan fingerprint density at radius 2 is 1.78 bits per heavy atom. The monoisotopic (exact) mass is 329 g/mol. The summed E-state index contributed by atoms with van der Waals surface area (Å²) in [5.74, 6) is -0.0687. The van der Waals surface area contributed by atoms with Gasteiger partial charge in [-0.3, -0.25) is 4.79 Å². The molecule has 0 saturated carbocycles. The van der Waals surface area contributed by atoms with E-state index in [1.807, 2.05) is 60.9 Å². The van der Waals surface area contributed by atoms with E-state index in [0.29, 0.717) is 12.1 Å². The van der Waals surface area contributed by atoms with Gasteiger partial charge in [0.25, 0.3) is 5.91 Å². The number of nitrogens with one attached hydrogen (secondary N) is 1. The molecule has 0 aromatic heterocycles. The van der Waals surface area contributed by atoms with Crippen molar-refractivity contribution in [2.24, 2.45) is 0 Å². The first-order valence-corrected chi connectivity index (χ1v) is 8.91. The van der Waals surface area contributed by atoms with Gasteiger partial charge in [-0.05, 0) is 30.4 Å². The van der Waals surface area contributed by atoms with Crippen LogP contribution in [0.4, 0.5) is 0 Å². The van der Waals surface area contributed by atoms with Crippen molar-refractivity contribution in [1.82, 2.24) is 5.32 Å². The highest BCUT2D eigenvalue weighted by Gasteiger charge is 2.30. The molecule has 4 heteroatoms. The second-order valence-electron chi connectivity index (χ2n) is 5.30. The summed E-state index contributed by atoms with van der Waals surface area (Å²) < 4.78 is 5.80. The predicted molar refractivity (Wildman–Crippen MR) is 96.0 cm³/mol. The Bertz CT molecular complexity index is 639. The SMILES string of the molecule is CCC(CNC(=O)c1ccccc1SC)(OC)c1ccccc1. The minimum atomic E-state index is -0.509. The summed E-state index contributed by atoms with van der Waals surface area (Å²) in [6.07, 6.45) is 2.75. The van der Waals surface area contributed by atoms with Crippen LogP contribution in [0.1, 0.15) is 29.3 Å². The smallest absolute Gasteiger partial charge is 0.252 e. The Balaban J connectivity index is 2.18. The largest absolute Gasteiger partial charge is 0.372 e. The number of ether oxygens (including phenoxy) is 1. The molecule has 0 aliphatic heterocycles. The summed E-state index contributed by atoms with van der Waals surface area (Å²) in [7, 11) is 1.69. The van der Waals surface area contributed by atoms with Crippen molar-refractivity contribution in [1.29, 1.82) is 0 Å². The Morgan fingerprint density at radius 1 is 1.13 bits per heavy atom. The van der Waals surface area contributed by atoms with Gasteiger partial charge < -0.3 is 10.1 Å². The summed E-state index contributed by atoms with van der Waals surface area (Å²) in [4.78, 5) is 13.5. The number of hydrogen-bond acceptors (Lipinski definition) is 3. The molecule has 2 rings (SSSR count). The van der Waals surface area contributed by atoms with E-state index in [9.17, 15) is 4.79 Å². The molecule has 0 fully saturated rings. The Morgan fingerprint density at radius 3 is 2.39 bits per heavy atom. The fourth-order valence-electron chi connectivity index (χ4n) is 2.66. The second kappa shape index (κ2) is 8.18. The molecule has 3 nitrogen and oxygen atoms in total. The second-order valence-corrected chi connectivity index (χ2v) is 6.15. The molecule has 0 spiro atoms. The van der Waals surface area contributed by atoms with Crippen LogP contribution in [0.15, 0.2) is 59.5 Å². The van der Waals surface area contributed by atoms with Gasteiger partial charge in [0.2, 0.25) is 0 Å². The van der Waals surface area contributed by atoms with E-state index in [4.69, 9.17) is 4.74 Å². The molecule has 1 unspecified atom stereocenters. The number of benzene rings is 2. The molecule has 0 aliphatic carbocycles. The van der Waals surface area contributed by atoms with Gasteiger partial charge in [0.15, 0.2) is 0 Å². The van der Waals surface area contributed by atoms with Crippen molar-refractivity contribution in [2.75, 3.05) is 19.9 Å². The van der Waals surface area contributed by atoms with Crippen molar-refractivity contribution in [3.8, 4) is 0 Å². The van der Waals surface area contributed by atoms with E-state index in [1.54, 1.807) is 18.9 Å². The highest BCUT2D eigenvalue weighted by molar-refractivity contribution is 7.98. The van der Waals surface area contributed by atoms with E-state index in [1.165, 1.54) is 0 Å². The fraction of sp³-hybridized carbons (Fsp3) is 0.316. The number of rotatable bonds is 7. The van der Waals surface area contributed by atoms with E-state index in [2.05, 4.69) is 12.2 Å². The highest BCUT2D eigenvalue weighted by Crippen LogP contribution is 2.28. The Hall–Kier alpha value is -1.78. The zero-order chi connectivity index (χ0) is 16.7. The lowest BCUT2D eigenvalue weighted by Gasteiger charge is -2.32. The van der Waals surface area contributed by atoms with Crippen molar-refractivity contribution in [3.63, 3.8) is 0 Å². The minimum absolute atomic E-state index is 0.0687. The molecule has 0 radical (unpaired) electrons. The van der Waals surface area contributed by atoms with E-state index >= 15 is 0 Å². The number of amides is 1. The first-order chi connectivity index (χ1) is 11.2. The maximum absolute atomic E-state index is 12.6. The lowest BCUT2D eigenvalue weighted by Crippen LogP contribution is -2.42. The third-order valence-corrected chi connectivity index (χ3v) is 4.94. The highest BCUT2D eigenvalue weighted by atomic mass is 32.2. The maximum Gasteiger partial charge on any atom is 0.252 e. The van der Waals surface area contributed by atoms with Gasteiger partial charge >= 0.3 is 0 Å². The molecule has 0 heterocycles. The van der Waals surface area contributed by atoms with E-state index < -0.39 is 5.60 Å². The molecule has 1 amide bonds. The summed E-state index contributed by atoms with van der Waals surface area (Å²) in [6, 6.07) is 17.7. The van der Waals surface area contributed by atoms with Crippen LogP contribution in [0.25, 0.3) is 0 Å². The average Bonchev–Trinajstić information content (AvgIpc) is 2.63. The molecule has 1 atom stereocenters. The summed E-state index contributed by atoms with van der Waals surface area (Å²) in [5, 5.41) is 3.04. The molecule has 0 saturated heterocycles. The van der Waals surface area contributed by atoms with Gasteiger partial charge in [0.1, 0.15) is 5.60 Å². The normalized spacial score (nSPS) is 13.3. The fourth-order valence-corrected chi connectivity index (χ4v) is 3.25. The third-order valence-electron chi connectivity index (χ3n) is 4.15. The molecular weight excluding hydrogens is 306 g/mol. The number of carbonyl (C=O) groups is 1. The van der Waals surface area contributed by atoms with Crippen LogP contribution in [0.2, 0.25) is 0 Å². The minimum Gasteiger partial charge on any atom is -0.372 e. The Kier molecular flexibility index (Phi) is 6.25. The lowest BCUT2D eigenvalue weighted by molar-refractivity contribution is -0.0164. The van der Waals surface area contributed by atoms with Gasteiger partial charge in [-0.15, -0.1) is 11.8 Å². The van der Waals surface area contributed by atoms with Crippen LogP contribution in [0.3, 0.4) is 0 Å². The predicted octanol–water partition coefficient (Wildman–Crippen LogP) is 4.09. The van der Waals surface area contributed by atoms with Crippen LogP contribution in [-0.2, 0) is 10.3 Å². The molecule has 0 bridgehead atoms. The molecule has 23 heavy (non-hydrogen) atoms. The average molecular weight is 329 g/mol. The summed E-state index contributed by atoms with van der Waals surface area (Å²) in [5.41, 5.74) is 1.27. The molecule has 122 valence electrons. The zero-order valence-corrected chi connectivity index (χ0v) is 14.7. The van der Waals surface area contributed by atoms with Crippen molar-refractivity contribution in [2.45, 2.75) is 23.8 Å². The van der Waals surface area contributed by atoms with Crippen LogP contribution in [0.5, 0.6) is 0 Å². The first-order valence-electron chi connectivity index (χ1n) is 7.68. The molecule has 2 aromatic rings. The van der Waals surface area contributed by atoms with Crippen molar-refractivity contribution in [3.05, 3.63) is 65.7 Å². The van der Waals surface area contributed by atoms with Gasteiger partial charge in [-0.25, -0.2) is 0 Å². The van der Waals surface area contributed by atoms with Gasteiger partial charge in [0, 0.05) is 12.0 Å². The topological polar surface area (TPSA) is 38.3 Å². The number of methoxy groups -OCH3 is 1. The van der Waals surface area contributed by atoms with Crippen LogP contribution < -0.4 is 5.32 Å². The van der Waals surface area contributed by atoms with Crippen molar-refractivity contribution < 1.29 is 9.53 Å². The van der Waals surface area contributed by atoms with E-state index in [0.717, 1.165) is 16.9 Å². The van der Waals surface area contributed by atoms with Crippen LogP contribution in [-0.4, -0.2) is 25.8 Å². The lowest BCUT2D eigenvalue weighted by atomic mass is 9.90.